The molecule has 0 aliphatic carbocycles. The third-order valence-corrected chi connectivity index (χ3v) is 4.39. The van der Waals surface area contributed by atoms with Crippen molar-refractivity contribution < 1.29 is 29.3 Å². The van der Waals surface area contributed by atoms with Gasteiger partial charge in [-0.25, -0.2) is 15.0 Å². The van der Waals surface area contributed by atoms with Gasteiger partial charge in [-0.15, -0.1) is 0 Å². The summed E-state index contributed by atoms with van der Waals surface area (Å²) in [5, 5.41) is 22.7. The number of imide groups is 1. The maximum absolute atomic E-state index is 11.5. The molecule has 4 rings (SSSR count). The highest BCUT2D eigenvalue weighted by Gasteiger charge is 2.45. The van der Waals surface area contributed by atoms with Crippen molar-refractivity contribution in [2.45, 2.75) is 37.1 Å². The van der Waals surface area contributed by atoms with Crippen LogP contribution in [-0.2, 0) is 19.1 Å². The van der Waals surface area contributed by atoms with Crippen molar-refractivity contribution in [2.24, 2.45) is 0 Å². The number of nitrogens with zero attached hydrogens (tertiary/aromatic N) is 4. The van der Waals surface area contributed by atoms with E-state index in [1.54, 1.807) is 0 Å². The maximum atomic E-state index is 11.5. The molecular weight excluding hydrogens is 348 g/mol. The number of imidazole rings is 1. The fourth-order valence-corrected chi connectivity index (χ4v) is 3.03. The molecule has 12 heteroatoms. The van der Waals surface area contributed by atoms with Crippen LogP contribution in [0.15, 0.2) is 12.7 Å². The maximum Gasteiger partial charge on any atom is 0.256 e. The number of amides is 2. The number of hydrogen-bond donors (Lipinski definition) is 4. The van der Waals surface area contributed by atoms with Gasteiger partial charge in [-0.1, -0.05) is 0 Å². The van der Waals surface area contributed by atoms with E-state index in [1.807, 2.05) is 0 Å². The standard InChI is InChI=1S/C14H16N6O6/c15-11-8-12(17-3-16-11)20(4-18-8)14-10(23)9(22)6(26-14)2-25-5-1-7(21)19-13(5)24/h3-6,9-10,14,22-23H,1-2H2,(H2,15,16,17)(H,19,21,24)/t5-,6-,9-,10-,14-/m1/s1. The van der Waals surface area contributed by atoms with E-state index >= 15 is 0 Å². The average molecular weight is 364 g/mol. The Kier molecular flexibility index (Phi) is 4.03. The Bertz CT molecular complexity index is 871. The van der Waals surface area contributed by atoms with Crippen LogP contribution in [-0.4, -0.2) is 72.6 Å². The number of nitrogens with one attached hydrogen (secondary N) is 1. The molecule has 4 heterocycles. The number of aliphatic hydroxyl groups excluding tert-OH is 2. The van der Waals surface area contributed by atoms with Gasteiger partial charge in [-0.2, -0.15) is 0 Å². The van der Waals surface area contributed by atoms with Gasteiger partial charge in [0.2, 0.25) is 5.91 Å². The third-order valence-electron chi connectivity index (χ3n) is 4.39. The molecule has 2 aliphatic rings. The van der Waals surface area contributed by atoms with Crippen LogP contribution in [0, 0.1) is 0 Å². The molecule has 12 nitrogen and oxygen atoms in total. The molecule has 2 saturated heterocycles. The van der Waals surface area contributed by atoms with E-state index in [0.717, 1.165) is 0 Å². The van der Waals surface area contributed by atoms with E-state index in [0.29, 0.717) is 11.2 Å². The number of aliphatic hydroxyl groups is 2. The molecule has 2 aromatic rings. The molecule has 2 fully saturated rings. The predicted molar refractivity (Wildman–Crippen MR) is 83.2 cm³/mol. The van der Waals surface area contributed by atoms with Gasteiger partial charge in [0, 0.05) is 0 Å². The SMILES string of the molecule is Nc1ncnc2c1ncn2[C@@H]1O[C@H](CO[C@@H]2CC(=O)NC2=O)[C@@H](O)[C@H]1O. The molecule has 2 amide bonds. The third kappa shape index (κ3) is 2.68. The molecule has 26 heavy (non-hydrogen) atoms. The normalized spacial score (nSPS) is 31.7. The van der Waals surface area contributed by atoms with E-state index in [4.69, 9.17) is 15.2 Å². The van der Waals surface area contributed by atoms with E-state index in [2.05, 4.69) is 20.3 Å². The van der Waals surface area contributed by atoms with E-state index in [1.165, 1.54) is 17.2 Å². The number of nitrogen functional groups attached to an aromatic ring is 1. The van der Waals surface area contributed by atoms with Crippen LogP contribution < -0.4 is 11.1 Å². The molecule has 0 unspecified atom stereocenters. The van der Waals surface area contributed by atoms with Crippen LogP contribution in [0.4, 0.5) is 5.82 Å². The highest BCUT2D eigenvalue weighted by atomic mass is 16.6. The smallest absolute Gasteiger partial charge is 0.256 e. The lowest BCUT2D eigenvalue weighted by Crippen LogP contribution is -2.36. The van der Waals surface area contributed by atoms with Crippen LogP contribution in [0.1, 0.15) is 12.6 Å². The van der Waals surface area contributed by atoms with Gasteiger partial charge in [-0.3, -0.25) is 19.5 Å². The molecule has 0 radical (unpaired) electrons. The van der Waals surface area contributed by atoms with Crippen molar-refractivity contribution in [3.8, 4) is 0 Å². The van der Waals surface area contributed by atoms with E-state index < -0.39 is 42.5 Å². The molecule has 0 aromatic carbocycles. The molecule has 2 aliphatic heterocycles. The quantitative estimate of drug-likeness (QED) is 0.423. The van der Waals surface area contributed by atoms with Gasteiger partial charge < -0.3 is 25.4 Å². The summed E-state index contributed by atoms with van der Waals surface area (Å²) >= 11 is 0. The van der Waals surface area contributed by atoms with Crippen LogP contribution in [0.5, 0.6) is 0 Å². The van der Waals surface area contributed by atoms with Crippen molar-refractivity contribution in [3.05, 3.63) is 12.7 Å². The molecule has 5 N–H and O–H groups in total. The number of anilines is 1. The highest BCUT2D eigenvalue weighted by Crippen LogP contribution is 2.32. The summed E-state index contributed by atoms with van der Waals surface area (Å²) in [7, 11) is 0. The first-order valence-electron chi connectivity index (χ1n) is 7.85. The Morgan fingerprint density at radius 1 is 1.31 bits per heavy atom. The van der Waals surface area contributed by atoms with Crippen molar-refractivity contribution in [1.29, 1.82) is 0 Å². The Hall–Kier alpha value is -2.67. The second-order valence-corrected chi connectivity index (χ2v) is 6.07. The minimum Gasteiger partial charge on any atom is -0.387 e. The van der Waals surface area contributed by atoms with E-state index in [-0.39, 0.29) is 18.8 Å². The van der Waals surface area contributed by atoms with Crippen molar-refractivity contribution in [2.75, 3.05) is 12.3 Å². The minimum absolute atomic E-state index is 0.0873. The van der Waals surface area contributed by atoms with Gasteiger partial charge in [0.15, 0.2) is 17.7 Å². The highest BCUT2D eigenvalue weighted by molar-refractivity contribution is 6.04. The average Bonchev–Trinajstić information content (AvgIpc) is 3.25. The molecule has 0 spiro atoms. The lowest BCUT2D eigenvalue weighted by Gasteiger charge is -2.17. The van der Waals surface area contributed by atoms with Crippen molar-refractivity contribution >= 4 is 28.8 Å². The number of ether oxygens (including phenoxy) is 2. The largest absolute Gasteiger partial charge is 0.387 e. The zero-order chi connectivity index (χ0) is 18.4. The zero-order valence-corrected chi connectivity index (χ0v) is 13.3. The summed E-state index contributed by atoms with van der Waals surface area (Å²) in [6, 6.07) is 0. The van der Waals surface area contributed by atoms with Gasteiger partial charge in [0.1, 0.15) is 36.3 Å². The lowest BCUT2D eigenvalue weighted by atomic mass is 10.1. The summed E-state index contributed by atoms with van der Waals surface area (Å²) in [4.78, 5) is 34.7. The monoisotopic (exact) mass is 364 g/mol. The van der Waals surface area contributed by atoms with E-state index in [9.17, 15) is 19.8 Å². The van der Waals surface area contributed by atoms with Crippen LogP contribution >= 0.6 is 0 Å². The number of carbonyl (C=O) groups is 2. The van der Waals surface area contributed by atoms with Crippen molar-refractivity contribution in [3.63, 3.8) is 0 Å². The lowest BCUT2D eigenvalue weighted by molar-refractivity contribution is -0.133. The Labute approximate surface area is 145 Å². The van der Waals surface area contributed by atoms with Crippen LogP contribution in [0.2, 0.25) is 0 Å². The number of nitrogens with two attached hydrogens (primary N) is 1. The summed E-state index contributed by atoms with van der Waals surface area (Å²) in [6.45, 7) is -0.177. The molecule has 5 atom stereocenters. The number of aromatic nitrogens is 4. The predicted octanol–water partition coefficient (Wildman–Crippen LogP) is -2.54. The fourth-order valence-electron chi connectivity index (χ4n) is 3.03. The van der Waals surface area contributed by atoms with Crippen LogP contribution in [0.25, 0.3) is 11.2 Å². The van der Waals surface area contributed by atoms with Crippen LogP contribution in [0.3, 0.4) is 0 Å². The molecule has 0 saturated carbocycles. The first kappa shape index (κ1) is 16.8. The molecular formula is C14H16N6O6. The number of rotatable bonds is 4. The first-order chi connectivity index (χ1) is 12.5. The summed E-state index contributed by atoms with van der Waals surface area (Å²) in [6.07, 6.45) is -2.82. The molecule has 138 valence electrons. The Balaban J connectivity index is 1.50. The molecule has 2 aromatic heterocycles. The van der Waals surface area contributed by atoms with Gasteiger partial charge >= 0.3 is 0 Å². The first-order valence-corrected chi connectivity index (χ1v) is 7.85. The molecule has 0 bridgehead atoms. The van der Waals surface area contributed by atoms with Gasteiger partial charge in [-0.05, 0) is 0 Å². The summed E-state index contributed by atoms with van der Waals surface area (Å²) in [5.74, 6) is -0.779. The second kappa shape index (κ2) is 6.25. The van der Waals surface area contributed by atoms with Crippen molar-refractivity contribution in [1.82, 2.24) is 24.8 Å². The van der Waals surface area contributed by atoms with Gasteiger partial charge in [0.05, 0.1) is 19.4 Å². The topological polar surface area (TPSA) is 175 Å². The number of fused-ring (bicyclic) bond motifs is 1. The Morgan fingerprint density at radius 3 is 2.85 bits per heavy atom. The zero-order valence-electron chi connectivity index (χ0n) is 13.3. The number of carbonyl (C=O) groups excluding carboxylic acids is 2. The Morgan fingerprint density at radius 2 is 2.12 bits per heavy atom. The number of hydrogen-bond acceptors (Lipinski definition) is 10. The second-order valence-electron chi connectivity index (χ2n) is 6.07. The summed E-state index contributed by atoms with van der Waals surface area (Å²) in [5.41, 5.74) is 6.42. The minimum atomic E-state index is -1.28. The fraction of sp³-hybridized carbons (Fsp3) is 0.500. The summed E-state index contributed by atoms with van der Waals surface area (Å²) < 4.78 is 12.5. The van der Waals surface area contributed by atoms with Gasteiger partial charge in [0.25, 0.3) is 5.91 Å².